The van der Waals surface area contributed by atoms with Crippen molar-refractivity contribution >= 4 is 0 Å². The maximum Gasteiger partial charge on any atom is 0.213 e. The van der Waals surface area contributed by atoms with Crippen LogP contribution in [0, 0.1) is 6.92 Å². The average Bonchev–Trinajstić information content (AvgIpc) is 2.48. The zero-order chi connectivity index (χ0) is 15.3. The topological polar surface area (TPSA) is 61.8 Å². The normalized spacial score (nSPS) is 10.8. The number of aromatic nitrogens is 1. The molecule has 21 heavy (non-hydrogen) atoms. The molecule has 6 nitrogen and oxygen atoms in total. The van der Waals surface area contributed by atoms with Gasteiger partial charge in [-0.25, -0.2) is 4.98 Å². The summed E-state index contributed by atoms with van der Waals surface area (Å²) in [6, 6.07) is 3.91. The molecule has 0 aromatic carbocycles. The van der Waals surface area contributed by atoms with E-state index in [9.17, 15) is 0 Å². The molecule has 1 aromatic heterocycles. The molecule has 1 heterocycles. The van der Waals surface area contributed by atoms with Gasteiger partial charge in [-0.2, -0.15) is 0 Å². The minimum atomic E-state index is 0.482. The van der Waals surface area contributed by atoms with E-state index in [1.165, 1.54) is 5.56 Å². The van der Waals surface area contributed by atoms with E-state index < -0.39 is 0 Å². The Labute approximate surface area is 126 Å². The summed E-state index contributed by atoms with van der Waals surface area (Å²) in [4.78, 5) is 4.40. The van der Waals surface area contributed by atoms with Gasteiger partial charge < -0.3 is 24.3 Å². The van der Waals surface area contributed by atoms with Crippen molar-refractivity contribution in [1.82, 2.24) is 10.3 Å². The van der Waals surface area contributed by atoms with Crippen LogP contribution in [0.15, 0.2) is 12.1 Å². The van der Waals surface area contributed by atoms with Crippen molar-refractivity contribution in [2.24, 2.45) is 0 Å². The van der Waals surface area contributed by atoms with Crippen LogP contribution >= 0.6 is 0 Å². The van der Waals surface area contributed by atoms with E-state index in [0.29, 0.717) is 45.5 Å². The summed E-state index contributed by atoms with van der Waals surface area (Å²) >= 11 is 0. The Hall–Kier alpha value is -1.21. The van der Waals surface area contributed by atoms with Crippen LogP contribution in [-0.2, 0) is 20.8 Å². The first-order valence-corrected chi connectivity index (χ1v) is 7.16. The lowest BCUT2D eigenvalue weighted by molar-refractivity contribution is 0.0176. The fourth-order valence-corrected chi connectivity index (χ4v) is 1.69. The number of nitrogens with one attached hydrogen (secondary N) is 1. The third-order valence-electron chi connectivity index (χ3n) is 2.82. The summed E-state index contributed by atoms with van der Waals surface area (Å²) < 4.78 is 21.1. The number of hydrogen-bond donors (Lipinski definition) is 1. The van der Waals surface area contributed by atoms with Crippen LogP contribution < -0.4 is 10.1 Å². The van der Waals surface area contributed by atoms with Crippen molar-refractivity contribution in [3.05, 3.63) is 23.4 Å². The second-order valence-corrected chi connectivity index (χ2v) is 4.49. The van der Waals surface area contributed by atoms with Crippen molar-refractivity contribution in [1.29, 1.82) is 0 Å². The van der Waals surface area contributed by atoms with E-state index in [2.05, 4.69) is 10.3 Å². The molecular weight excluding hydrogens is 272 g/mol. The van der Waals surface area contributed by atoms with Gasteiger partial charge in [0.2, 0.25) is 5.88 Å². The molecule has 0 aliphatic heterocycles. The van der Waals surface area contributed by atoms with E-state index in [0.717, 1.165) is 12.2 Å². The van der Waals surface area contributed by atoms with Crippen molar-refractivity contribution in [2.45, 2.75) is 13.5 Å². The van der Waals surface area contributed by atoms with Gasteiger partial charge in [-0.05, 0) is 19.5 Å². The first-order chi connectivity index (χ1) is 10.3. The van der Waals surface area contributed by atoms with Crippen LogP contribution in [0.2, 0.25) is 0 Å². The minimum absolute atomic E-state index is 0.482. The number of ether oxygens (including phenoxy) is 4. The molecule has 6 heteroatoms. The molecule has 120 valence electrons. The maximum atomic E-state index is 5.55. The molecule has 0 fully saturated rings. The van der Waals surface area contributed by atoms with E-state index >= 15 is 0 Å². The molecule has 0 unspecified atom stereocenters. The summed E-state index contributed by atoms with van der Waals surface area (Å²) in [7, 11) is 3.57. The third kappa shape index (κ3) is 7.96. The first-order valence-electron chi connectivity index (χ1n) is 7.16. The molecule has 0 aliphatic rings. The SMILES string of the molecule is CNCc1ccc(OCCOCCOCCOC)nc1C. The Morgan fingerprint density at radius 1 is 1.00 bits per heavy atom. The van der Waals surface area contributed by atoms with Crippen LogP contribution in [0.25, 0.3) is 0 Å². The van der Waals surface area contributed by atoms with Gasteiger partial charge in [0.25, 0.3) is 0 Å². The number of nitrogens with zero attached hydrogens (tertiary/aromatic N) is 1. The molecule has 0 atom stereocenters. The van der Waals surface area contributed by atoms with Crippen LogP contribution in [-0.4, -0.2) is 58.8 Å². The fourth-order valence-electron chi connectivity index (χ4n) is 1.69. The van der Waals surface area contributed by atoms with Crippen LogP contribution in [0.4, 0.5) is 0 Å². The van der Waals surface area contributed by atoms with Crippen LogP contribution in [0.3, 0.4) is 0 Å². The van der Waals surface area contributed by atoms with Crippen molar-refractivity contribution in [3.8, 4) is 5.88 Å². The summed E-state index contributed by atoms with van der Waals surface area (Å²) in [6.45, 7) is 6.12. The van der Waals surface area contributed by atoms with Gasteiger partial charge in [0.15, 0.2) is 0 Å². The van der Waals surface area contributed by atoms with E-state index in [4.69, 9.17) is 18.9 Å². The van der Waals surface area contributed by atoms with Gasteiger partial charge in [-0.1, -0.05) is 6.07 Å². The van der Waals surface area contributed by atoms with Gasteiger partial charge in [0, 0.05) is 25.4 Å². The van der Waals surface area contributed by atoms with E-state index in [-0.39, 0.29) is 0 Å². The summed E-state index contributed by atoms with van der Waals surface area (Å²) in [5, 5.41) is 3.11. The number of aryl methyl sites for hydroxylation is 1. The Morgan fingerprint density at radius 3 is 2.29 bits per heavy atom. The second kappa shape index (κ2) is 11.4. The quantitative estimate of drug-likeness (QED) is 0.585. The fraction of sp³-hybridized carbons (Fsp3) is 0.667. The Balaban J connectivity index is 2.08. The van der Waals surface area contributed by atoms with Gasteiger partial charge >= 0.3 is 0 Å². The zero-order valence-corrected chi connectivity index (χ0v) is 13.2. The smallest absolute Gasteiger partial charge is 0.213 e. The lowest BCUT2D eigenvalue weighted by Gasteiger charge is -2.09. The maximum absolute atomic E-state index is 5.55. The highest BCUT2D eigenvalue weighted by Gasteiger charge is 2.02. The van der Waals surface area contributed by atoms with Crippen LogP contribution in [0.1, 0.15) is 11.3 Å². The minimum Gasteiger partial charge on any atom is -0.475 e. The highest BCUT2D eigenvalue weighted by molar-refractivity contribution is 5.24. The lowest BCUT2D eigenvalue weighted by atomic mass is 10.2. The molecule has 0 amide bonds. The summed E-state index contributed by atoms with van der Waals surface area (Å²) in [5.41, 5.74) is 2.16. The predicted octanol–water partition coefficient (Wildman–Crippen LogP) is 1.17. The monoisotopic (exact) mass is 298 g/mol. The molecule has 1 rings (SSSR count). The number of rotatable bonds is 12. The number of pyridine rings is 1. The molecule has 1 aromatic rings. The second-order valence-electron chi connectivity index (χ2n) is 4.49. The summed E-state index contributed by atoms with van der Waals surface area (Å²) in [6.07, 6.45) is 0. The lowest BCUT2D eigenvalue weighted by Crippen LogP contribution is -2.13. The molecule has 0 spiro atoms. The van der Waals surface area contributed by atoms with E-state index in [1.807, 2.05) is 26.1 Å². The van der Waals surface area contributed by atoms with Crippen molar-refractivity contribution in [2.75, 3.05) is 53.8 Å². The predicted molar refractivity (Wildman–Crippen MR) is 80.7 cm³/mol. The standard InChI is InChI=1S/C15H26N2O4/c1-13-14(12-16-2)4-5-15(17-13)21-11-10-20-9-8-19-7-6-18-3/h4-5,16H,6-12H2,1-3H3. The largest absolute Gasteiger partial charge is 0.475 e. The molecule has 0 saturated heterocycles. The number of methoxy groups -OCH3 is 1. The Bertz CT molecular complexity index is 388. The van der Waals surface area contributed by atoms with Gasteiger partial charge in [0.1, 0.15) is 6.61 Å². The van der Waals surface area contributed by atoms with Crippen molar-refractivity contribution < 1.29 is 18.9 Å². The number of hydrogen-bond acceptors (Lipinski definition) is 6. The molecule has 0 bridgehead atoms. The van der Waals surface area contributed by atoms with E-state index in [1.54, 1.807) is 7.11 Å². The molecule has 0 aliphatic carbocycles. The molecule has 1 N–H and O–H groups in total. The van der Waals surface area contributed by atoms with Gasteiger partial charge in [-0.3, -0.25) is 0 Å². The molecule has 0 radical (unpaired) electrons. The molecule has 0 saturated carbocycles. The Kier molecular flexibility index (Phi) is 9.73. The first kappa shape index (κ1) is 17.8. The average molecular weight is 298 g/mol. The zero-order valence-electron chi connectivity index (χ0n) is 13.2. The van der Waals surface area contributed by atoms with Gasteiger partial charge in [-0.15, -0.1) is 0 Å². The third-order valence-corrected chi connectivity index (χ3v) is 2.82. The molecular formula is C15H26N2O4. The highest BCUT2D eigenvalue weighted by atomic mass is 16.6. The Morgan fingerprint density at radius 2 is 1.67 bits per heavy atom. The van der Waals surface area contributed by atoms with Crippen LogP contribution in [0.5, 0.6) is 5.88 Å². The highest BCUT2D eigenvalue weighted by Crippen LogP contribution is 2.12. The van der Waals surface area contributed by atoms with Gasteiger partial charge in [0.05, 0.1) is 33.0 Å². The van der Waals surface area contributed by atoms with Crippen molar-refractivity contribution in [3.63, 3.8) is 0 Å². The summed E-state index contributed by atoms with van der Waals surface area (Å²) in [5.74, 6) is 0.632.